The molecule has 0 amide bonds. The van der Waals surface area contributed by atoms with E-state index in [-0.39, 0.29) is 11.1 Å². The zero-order chi connectivity index (χ0) is 12.3. The van der Waals surface area contributed by atoms with Crippen LogP contribution in [-0.2, 0) is 0 Å². The summed E-state index contributed by atoms with van der Waals surface area (Å²) >= 11 is 1.29. The molecule has 2 aromatic rings. The first-order valence-electron chi connectivity index (χ1n) is 4.89. The maximum atomic E-state index is 12.1. The third-order valence-corrected chi connectivity index (χ3v) is 2.97. The van der Waals surface area contributed by atoms with E-state index in [1.165, 1.54) is 22.7 Å². The predicted molar refractivity (Wildman–Crippen MR) is 66.3 cm³/mol. The summed E-state index contributed by atoms with van der Waals surface area (Å²) in [5, 5.41) is 9.45. The molecule has 0 unspecified atom stereocenters. The summed E-state index contributed by atoms with van der Waals surface area (Å²) in [5.41, 5.74) is 0.455. The molecule has 17 heavy (non-hydrogen) atoms. The fraction of sp³-hybridized carbons (Fsp3) is 0.0833. The summed E-state index contributed by atoms with van der Waals surface area (Å²) in [4.78, 5) is 16.2. The molecular formula is C12H9N3OS. The number of nitriles is 1. The van der Waals surface area contributed by atoms with Gasteiger partial charge in [-0.25, -0.2) is 4.98 Å². The van der Waals surface area contributed by atoms with Crippen LogP contribution in [0, 0.1) is 11.3 Å². The Labute approximate surface area is 103 Å². The first-order valence-corrected chi connectivity index (χ1v) is 6.11. The van der Waals surface area contributed by atoms with E-state index in [1.54, 1.807) is 18.4 Å². The number of para-hydroxylation sites is 1. The SMILES string of the molecule is CSc1ncn(-c2ccccc2)c(=O)c1C#N. The minimum atomic E-state index is -0.335. The molecule has 0 atom stereocenters. The quantitative estimate of drug-likeness (QED) is 0.596. The Hall–Kier alpha value is -2.06. The average Bonchev–Trinajstić information content (AvgIpc) is 2.39. The standard InChI is InChI=1S/C12H9N3OS/c1-17-11-10(7-13)12(16)15(8-14-11)9-5-3-2-4-6-9/h2-6,8H,1H3. The largest absolute Gasteiger partial charge is 0.277 e. The average molecular weight is 243 g/mol. The molecule has 84 valence electrons. The first kappa shape index (κ1) is 11.4. The molecule has 0 saturated carbocycles. The summed E-state index contributed by atoms with van der Waals surface area (Å²) in [6.07, 6.45) is 3.24. The second-order valence-corrected chi connectivity index (χ2v) is 4.05. The predicted octanol–water partition coefficient (Wildman–Crippen LogP) is 1.83. The monoisotopic (exact) mass is 243 g/mol. The van der Waals surface area contributed by atoms with Crippen molar-refractivity contribution in [3.05, 3.63) is 52.6 Å². The number of nitrogens with zero attached hydrogens (tertiary/aromatic N) is 3. The van der Waals surface area contributed by atoms with Gasteiger partial charge < -0.3 is 0 Å². The molecule has 1 heterocycles. The molecule has 0 saturated heterocycles. The molecule has 0 fully saturated rings. The van der Waals surface area contributed by atoms with E-state index >= 15 is 0 Å². The zero-order valence-corrected chi connectivity index (χ0v) is 9.94. The lowest BCUT2D eigenvalue weighted by Gasteiger charge is -2.06. The molecule has 4 nitrogen and oxygen atoms in total. The van der Waals surface area contributed by atoms with Crippen LogP contribution in [0.5, 0.6) is 0 Å². The van der Waals surface area contributed by atoms with Gasteiger partial charge in [0.25, 0.3) is 5.56 Å². The summed E-state index contributed by atoms with van der Waals surface area (Å²) in [7, 11) is 0. The van der Waals surface area contributed by atoms with Gasteiger partial charge in [-0.05, 0) is 18.4 Å². The summed E-state index contributed by atoms with van der Waals surface area (Å²) in [6.45, 7) is 0. The molecule has 1 aromatic carbocycles. The fourth-order valence-electron chi connectivity index (χ4n) is 1.46. The Balaban J connectivity index is 2.68. The number of aromatic nitrogens is 2. The van der Waals surface area contributed by atoms with Crippen LogP contribution >= 0.6 is 11.8 Å². The highest BCUT2D eigenvalue weighted by Crippen LogP contribution is 2.13. The van der Waals surface area contributed by atoms with E-state index in [0.29, 0.717) is 10.7 Å². The van der Waals surface area contributed by atoms with Gasteiger partial charge in [0.1, 0.15) is 23.0 Å². The minimum absolute atomic E-state index is 0.0869. The van der Waals surface area contributed by atoms with E-state index in [9.17, 15) is 4.79 Å². The van der Waals surface area contributed by atoms with Crippen molar-refractivity contribution < 1.29 is 0 Å². The lowest BCUT2D eigenvalue weighted by atomic mass is 10.3. The van der Waals surface area contributed by atoms with Crippen LogP contribution in [-0.4, -0.2) is 15.8 Å². The molecular weight excluding hydrogens is 234 g/mol. The van der Waals surface area contributed by atoms with Crippen LogP contribution in [0.4, 0.5) is 0 Å². The molecule has 0 radical (unpaired) electrons. The third-order valence-electron chi connectivity index (χ3n) is 2.28. The number of benzene rings is 1. The van der Waals surface area contributed by atoms with Gasteiger partial charge in [0.2, 0.25) is 0 Å². The molecule has 0 aliphatic heterocycles. The Morgan fingerprint density at radius 3 is 2.65 bits per heavy atom. The van der Waals surface area contributed by atoms with Gasteiger partial charge in [0, 0.05) is 0 Å². The van der Waals surface area contributed by atoms with Gasteiger partial charge >= 0.3 is 0 Å². The van der Waals surface area contributed by atoms with Gasteiger partial charge in [-0.3, -0.25) is 9.36 Å². The molecule has 0 bridgehead atoms. The van der Waals surface area contributed by atoms with E-state index in [4.69, 9.17) is 5.26 Å². The molecule has 0 N–H and O–H groups in total. The molecule has 1 aromatic heterocycles. The summed E-state index contributed by atoms with van der Waals surface area (Å²) in [5.74, 6) is 0. The maximum absolute atomic E-state index is 12.1. The van der Waals surface area contributed by atoms with Gasteiger partial charge in [-0.1, -0.05) is 18.2 Å². The zero-order valence-electron chi connectivity index (χ0n) is 9.12. The second kappa shape index (κ2) is 4.85. The van der Waals surface area contributed by atoms with Crippen LogP contribution in [0.3, 0.4) is 0 Å². The fourth-order valence-corrected chi connectivity index (χ4v) is 1.95. The molecule has 0 spiro atoms. The summed E-state index contributed by atoms with van der Waals surface area (Å²) < 4.78 is 1.37. The number of thioether (sulfide) groups is 1. The highest BCUT2D eigenvalue weighted by molar-refractivity contribution is 7.98. The lowest BCUT2D eigenvalue weighted by Crippen LogP contribution is -2.22. The van der Waals surface area contributed by atoms with Crippen LogP contribution in [0.1, 0.15) is 5.56 Å². The van der Waals surface area contributed by atoms with Gasteiger partial charge in [0.05, 0.1) is 5.69 Å². The number of rotatable bonds is 2. The van der Waals surface area contributed by atoms with Crippen molar-refractivity contribution in [1.82, 2.24) is 9.55 Å². The van der Waals surface area contributed by atoms with Crippen molar-refractivity contribution in [2.75, 3.05) is 6.26 Å². The highest BCUT2D eigenvalue weighted by Gasteiger charge is 2.11. The van der Waals surface area contributed by atoms with Crippen molar-refractivity contribution in [3.8, 4) is 11.8 Å². The van der Waals surface area contributed by atoms with E-state index in [2.05, 4.69) is 4.98 Å². The van der Waals surface area contributed by atoms with Gasteiger partial charge in [0.15, 0.2) is 0 Å². The Kier molecular flexibility index (Phi) is 3.26. The summed E-state index contributed by atoms with van der Waals surface area (Å²) in [6, 6.07) is 11.0. The van der Waals surface area contributed by atoms with Crippen molar-refractivity contribution >= 4 is 11.8 Å². The van der Waals surface area contributed by atoms with E-state index in [0.717, 1.165) is 0 Å². The Bertz CT molecular complexity index is 628. The molecule has 0 aliphatic rings. The number of hydrogen-bond acceptors (Lipinski definition) is 4. The normalized spacial score (nSPS) is 9.88. The van der Waals surface area contributed by atoms with Gasteiger partial charge in [-0.2, -0.15) is 5.26 Å². The van der Waals surface area contributed by atoms with Crippen LogP contribution in [0.2, 0.25) is 0 Å². The molecule has 2 rings (SSSR count). The maximum Gasteiger partial charge on any atom is 0.277 e. The topological polar surface area (TPSA) is 58.7 Å². The van der Waals surface area contributed by atoms with Crippen molar-refractivity contribution in [3.63, 3.8) is 0 Å². The smallest absolute Gasteiger partial charge is 0.267 e. The van der Waals surface area contributed by atoms with Crippen molar-refractivity contribution in [2.24, 2.45) is 0 Å². The van der Waals surface area contributed by atoms with E-state index < -0.39 is 0 Å². The highest BCUT2D eigenvalue weighted by atomic mass is 32.2. The molecule has 5 heteroatoms. The lowest BCUT2D eigenvalue weighted by molar-refractivity contribution is 0.879. The Morgan fingerprint density at radius 2 is 2.06 bits per heavy atom. The second-order valence-electron chi connectivity index (χ2n) is 3.25. The van der Waals surface area contributed by atoms with Crippen LogP contribution in [0.15, 0.2) is 46.5 Å². The van der Waals surface area contributed by atoms with Crippen molar-refractivity contribution in [1.29, 1.82) is 5.26 Å². The van der Waals surface area contributed by atoms with Gasteiger partial charge in [-0.15, -0.1) is 11.8 Å². The number of hydrogen-bond donors (Lipinski definition) is 0. The Morgan fingerprint density at radius 1 is 1.35 bits per heavy atom. The van der Waals surface area contributed by atoms with Crippen LogP contribution in [0.25, 0.3) is 5.69 Å². The first-order chi connectivity index (χ1) is 8.27. The third kappa shape index (κ3) is 2.08. The molecule has 0 aliphatic carbocycles. The van der Waals surface area contributed by atoms with Crippen LogP contribution < -0.4 is 5.56 Å². The van der Waals surface area contributed by atoms with Crippen molar-refractivity contribution in [2.45, 2.75) is 5.03 Å². The van der Waals surface area contributed by atoms with E-state index in [1.807, 2.05) is 24.3 Å². The minimum Gasteiger partial charge on any atom is -0.267 e.